The molecule has 128 valence electrons. The number of aliphatic hydroxyl groups is 1. The third-order valence-corrected chi connectivity index (χ3v) is 3.06. The second-order valence-corrected chi connectivity index (χ2v) is 4.54. The van der Waals surface area contributed by atoms with Crippen molar-refractivity contribution in [2.45, 2.75) is 0 Å². The molecule has 0 unspecified atom stereocenters. The van der Waals surface area contributed by atoms with Crippen molar-refractivity contribution in [2.24, 2.45) is 0 Å². The average Bonchev–Trinajstić information content (AvgIpc) is 3.13. The maximum absolute atomic E-state index is 12.2. The van der Waals surface area contributed by atoms with Gasteiger partial charge in [0.1, 0.15) is 6.61 Å². The van der Waals surface area contributed by atoms with E-state index in [0.29, 0.717) is 11.5 Å². The van der Waals surface area contributed by atoms with Gasteiger partial charge in [0, 0.05) is 12.1 Å². The lowest BCUT2D eigenvalue weighted by molar-refractivity contribution is 0.0434. The first kappa shape index (κ1) is 17.4. The smallest absolute Gasteiger partial charge is 0.340 e. The number of esters is 1. The quantitative estimate of drug-likeness (QED) is 0.741. The van der Waals surface area contributed by atoms with Gasteiger partial charge in [0.05, 0.1) is 38.3 Å². The van der Waals surface area contributed by atoms with E-state index in [-0.39, 0.29) is 30.2 Å². The third kappa shape index (κ3) is 3.85. The monoisotopic (exact) mass is 335 g/mol. The zero-order valence-corrected chi connectivity index (χ0v) is 13.2. The number of carbonyl (C=O) groups excluding carboxylic acids is 2. The first-order chi connectivity index (χ1) is 11.6. The van der Waals surface area contributed by atoms with Gasteiger partial charge in [0.2, 0.25) is 0 Å². The topological polar surface area (TPSA) is 107 Å². The maximum Gasteiger partial charge on any atom is 0.340 e. The molecule has 0 spiro atoms. The molecule has 2 rings (SSSR count). The van der Waals surface area contributed by atoms with Gasteiger partial charge in [-0.2, -0.15) is 0 Å². The molecule has 2 aromatic rings. The number of hydrogen-bond acceptors (Lipinski definition) is 7. The number of nitrogens with one attached hydrogen (secondary N) is 1. The Morgan fingerprint density at radius 3 is 2.50 bits per heavy atom. The minimum absolute atomic E-state index is 0.0565. The molecule has 0 saturated carbocycles. The van der Waals surface area contributed by atoms with Gasteiger partial charge in [-0.3, -0.25) is 4.79 Å². The van der Waals surface area contributed by atoms with Gasteiger partial charge in [-0.25, -0.2) is 4.79 Å². The van der Waals surface area contributed by atoms with Crippen LogP contribution in [-0.2, 0) is 4.74 Å². The van der Waals surface area contributed by atoms with Crippen molar-refractivity contribution in [1.82, 2.24) is 0 Å². The number of amides is 1. The fourth-order valence-electron chi connectivity index (χ4n) is 1.96. The highest BCUT2D eigenvalue weighted by molar-refractivity contribution is 6.07. The van der Waals surface area contributed by atoms with E-state index in [9.17, 15) is 9.59 Å². The maximum atomic E-state index is 12.2. The molecule has 2 N–H and O–H groups in total. The molecule has 0 aliphatic carbocycles. The van der Waals surface area contributed by atoms with Crippen LogP contribution >= 0.6 is 0 Å². The summed E-state index contributed by atoms with van der Waals surface area (Å²) in [5.74, 6) is -0.557. The van der Waals surface area contributed by atoms with E-state index in [0.717, 1.165) is 0 Å². The molecular weight excluding hydrogens is 318 g/mol. The fourth-order valence-corrected chi connectivity index (χ4v) is 1.96. The standard InChI is InChI=1S/C16H17NO7/c1-21-13-8-10(16(20)24-7-5-18)11(9-14(13)22-2)17-15(19)12-4-3-6-23-12/h3-4,6,8-9,18H,5,7H2,1-2H3,(H,17,19). The average molecular weight is 335 g/mol. The fraction of sp³-hybridized carbons (Fsp3) is 0.250. The lowest BCUT2D eigenvalue weighted by Gasteiger charge is -2.14. The molecular formula is C16H17NO7. The SMILES string of the molecule is COc1cc(NC(=O)c2ccco2)c(C(=O)OCCO)cc1OC. The van der Waals surface area contributed by atoms with Crippen LogP contribution in [0.1, 0.15) is 20.9 Å². The van der Waals surface area contributed by atoms with Gasteiger partial charge in [-0.05, 0) is 12.1 Å². The Hall–Kier alpha value is -3.00. The Morgan fingerprint density at radius 1 is 1.21 bits per heavy atom. The molecule has 1 aromatic carbocycles. The van der Waals surface area contributed by atoms with Crippen molar-refractivity contribution in [3.8, 4) is 11.5 Å². The van der Waals surface area contributed by atoms with Crippen molar-refractivity contribution in [3.63, 3.8) is 0 Å². The molecule has 0 aliphatic heterocycles. The molecule has 8 heteroatoms. The predicted molar refractivity (Wildman–Crippen MR) is 83.6 cm³/mol. The second-order valence-electron chi connectivity index (χ2n) is 4.54. The summed E-state index contributed by atoms with van der Waals surface area (Å²) in [5.41, 5.74) is 0.220. The predicted octanol–water partition coefficient (Wildman–Crippen LogP) is 1.70. The molecule has 0 saturated heterocycles. The van der Waals surface area contributed by atoms with Crippen LogP contribution in [0.25, 0.3) is 0 Å². The van der Waals surface area contributed by atoms with Crippen molar-refractivity contribution in [2.75, 3.05) is 32.8 Å². The van der Waals surface area contributed by atoms with Crippen LogP contribution in [0, 0.1) is 0 Å². The Balaban J connectivity index is 2.38. The van der Waals surface area contributed by atoms with Gasteiger partial charge in [-0.15, -0.1) is 0 Å². The molecule has 1 aromatic heterocycles. The van der Waals surface area contributed by atoms with E-state index >= 15 is 0 Å². The second kappa shape index (κ2) is 8.02. The molecule has 0 bridgehead atoms. The highest BCUT2D eigenvalue weighted by atomic mass is 16.5. The lowest BCUT2D eigenvalue weighted by atomic mass is 10.1. The summed E-state index contributed by atoms with van der Waals surface area (Å²) in [4.78, 5) is 24.3. The number of aliphatic hydroxyl groups excluding tert-OH is 1. The summed E-state index contributed by atoms with van der Waals surface area (Å²) >= 11 is 0. The molecule has 24 heavy (non-hydrogen) atoms. The highest BCUT2D eigenvalue weighted by Crippen LogP contribution is 2.34. The van der Waals surface area contributed by atoms with Crippen LogP contribution in [0.5, 0.6) is 11.5 Å². The van der Waals surface area contributed by atoms with E-state index in [1.807, 2.05) is 0 Å². The minimum Gasteiger partial charge on any atom is -0.493 e. The molecule has 0 radical (unpaired) electrons. The van der Waals surface area contributed by atoms with Gasteiger partial charge in [-0.1, -0.05) is 0 Å². The number of methoxy groups -OCH3 is 2. The van der Waals surface area contributed by atoms with E-state index in [1.54, 1.807) is 6.07 Å². The van der Waals surface area contributed by atoms with Crippen molar-refractivity contribution < 1.29 is 33.3 Å². The zero-order chi connectivity index (χ0) is 17.5. The molecule has 1 heterocycles. The van der Waals surface area contributed by atoms with Crippen molar-refractivity contribution in [3.05, 3.63) is 41.9 Å². The van der Waals surface area contributed by atoms with Gasteiger partial charge in [0.25, 0.3) is 5.91 Å². The summed E-state index contributed by atoms with van der Waals surface area (Å²) < 4.78 is 20.2. The van der Waals surface area contributed by atoms with Crippen LogP contribution < -0.4 is 14.8 Å². The van der Waals surface area contributed by atoms with Crippen LogP contribution in [0.3, 0.4) is 0 Å². The zero-order valence-electron chi connectivity index (χ0n) is 13.2. The van der Waals surface area contributed by atoms with Gasteiger partial charge >= 0.3 is 5.97 Å². The number of furan rings is 1. The largest absolute Gasteiger partial charge is 0.493 e. The number of anilines is 1. The summed E-state index contributed by atoms with van der Waals surface area (Å²) in [6.07, 6.45) is 1.36. The molecule has 0 fully saturated rings. The van der Waals surface area contributed by atoms with E-state index < -0.39 is 11.9 Å². The van der Waals surface area contributed by atoms with Crippen LogP contribution in [0.4, 0.5) is 5.69 Å². The summed E-state index contributed by atoms with van der Waals surface area (Å²) in [7, 11) is 2.85. The van der Waals surface area contributed by atoms with E-state index in [1.165, 1.54) is 38.7 Å². The first-order valence-electron chi connectivity index (χ1n) is 6.99. The van der Waals surface area contributed by atoms with Crippen molar-refractivity contribution >= 4 is 17.6 Å². The normalized spacial score (nSPS) is 10.1. The molecule has 1 amide bonds. The molecule has 0 aliphatic rings. The molecule has 8 nitrogen and oxygen atoms in total. The van der Waals surface area contributed by atoms with Gasteiger partial charge in [0.15, 0.2) is 17.3 Å². The lowest BCUT2D eigenvalue weighted by Crippen LogP contribution is -2.16. The van der Waals surface area contributed by atoms with Crippen LogP contribution in [0.2, 0.25) is 0 Å². The van der Waals surface area contributed by atoms with Crippen LogP contribution in [-0.4, -0.2) is 44.4 Å². The Kier molecular flexibility index (Phi) is 5.80. The first-order valence-corrected chi connectivity index (χ1v) is 6.99. The summed E-state index contributed by atoms with van der Waals surface area (Å²) in [6, 6.07) is 5.88. The summed E-state index contributed by atoms with van der Waals surface area (Å²) in [5, 5.41) is 11.3. The minimum atomic E-state index is -0.722. The van der Waals surface area contributed by atoms with Crippen molar-refractivity contribution in [1.29, 1.82) is 0 Å². The van der Waals surface area contributed by atoms with E-state index in [2.05, 4.69) is 5.32 Å². The Morgan fingerprint density at radius 2 is 1.92 bits per heavy atom. The Bertz CT molecular complexity index is 709. The number of benzene rings is 1. The van der Waals surface area contributed by atoms with Crippen LogP contribution in [0.15, 0.2) is 34.9 Å². The number of carbonyl (C=O) groups is 2. The van der Waals surface area contributed by atoms with Gasteiger partial charge < -0.3 is 29.1 Å². The summed E-state index contributed by atoms with van der Waals surface area (Å²) in [6.45, 7) is -0.480. The molecule has 0 atom stereocenters. The highest BCUT2D eigenvalue weighted by Gasteiger charge is 2.20. The number of rotatable bonds is 7. The number of hydrogen-bond donors (Lipinski definition) is 2. The Labute approximate surface area is 137 Å². The number of ether oxygens (including phenoxy) is 3. The van der Waals surface area contributed by atoms with E-state index in [4.69, 9.17) is 23.7 Å². The third-order valence-electron chi connectivity index (χ3n) is 3.06.